The van der Waals surface area contributed by atoms with E-state index in [1.54, 1.807) is 0 Å². The van der Waals surface area contributed by atoms with Gasteiger partial charge in [-0.15, -0.1) is 0 Å². The molecular weight excluding hydrogens is 322 g/mol. The smallest absolute Gasteiger partial charge is 0.159 e. The summed E-state index contributed by atoms with van der Waals surface area (Å²) >= 11 is 0. The van der Waals surface area contributed by atoms with Gasteiger partial charge in [0.1, 0.15) is 0 Å². The Bertz CT molecular complexity index is 673. The normalized spacial score (nSPS) is 17.6. The molecule has 3 rings (SSSR count). The van der Waals surface area contributed by atoms with E-state index in [0.717, 1.165) is 44.6 Å². The van der Waals surface area contributed by atoms with Crippen LogP contribution in [0.15, 0.2) is 48.5 Å². The highest BCUT2D eigenvalue weighted by Gasteiger charge is 2.20. The van der Waals surface area contributed by atoms with Crippen molar-refractivity contribution in [3.8, 4) is 0 Å². The van der Waals surface area contributed by atoms with E-state index in [4.69, 9.17) is 0 Å². The number of nitrogens with zero attached hydrogens (tertiary/aromatic N) is 1. The van der Waals surface area contributed by atoms with Crippen LogP contribution in [0.4, 0.5) is 8.78 Å². The van der Waals surface area contributed by atoms with Crippen molar-refractivity contribution in [2.24, 2.45) is 0 Å². The van der Waals surface area contributed by atoms with Crippen LogP contribution in [0.25, 0.3) is 0 Å². The van der Waals surface area contributed by atoms with Crippen molar-refractivity contribution in [1.82, 2.24) is 10.2 Å². The van der Waals surface area contributed by atoms with Gasteiger partial charge in [-0.2, -0.15) is 0 Å². The van der Waals surface area contributed by atoms with E-state index in [0.29, 0.717) is 18.2 Å². The predicted octanol–water partition coefficient (Wildman–Crippen LogP) is 3.25. The Kier molecular flexibility index (Phi) is 6.13. The molecule has 2 aromatic rings. The van der Waals surface area contributed by atoms with E-state index < -0.39 is 17.7 Å². The minimum Gasteiger partial charge on any atom is -0.387 e. The van der Waals surface area contributed by atoms with Crippen molar-refractivity contribution in [2.45, 2.75) is 31.5 Å². The Hall–Kier alpha value is -1.82. The average molecular weight is 346 g/mol. The van der Waals surface area contributed by atoms with Gasteiger partial charge < -0.3 is 10.4 Å². The molecule has 1 heterocycles. The summed E-state index contributed by atoms with van der Waals surface area (Å²) in [6, 6.07) is 14.3. The summed E-state index contributed by atoms with van der Waals surface area (Å²) in [5.74, 6) is -1.82. The lowest BCUT2D eigenvalue weighted by molar-refractivity contribution is 0.149. The van der Waals surface area contributed by atoms with Crippen molar-refractivity contribution < 1.29 is 13.9 Å². The second-order valence-corrected chi connectivity index (χ2v) is 6.63. The van der Waals surface area contributed by atoms with Crippen molar-refractivity contribution in [2.75, 3.05) is 19.6 Å². The van der Waals surface area contributed by atoms with Gasteiger partial charge in [0.25, 0.3) is 0 Å². The maximum absolute atomic E-state index is 13.2. The number of nitrogens with one attached hydrogen (secondary N) is 1. The minimum atomic E-state index is -0.925. The highest BCUT2D eigenvalue weighted by Crippen LogP contribution is 2.18. The van der Waals surface area contributed by atoms with E-state index >= 15 is 0 Å². The zero-order valence-corrected chi connectivity index (χ0v) is 14.2. The monoisotopic (exact) mass is 346 g/mol. The molecule has 0 amide bonds. The Balaban J connectivity index is 1.42. The van der Waals surface area contributed by atoms with Gasteiger partial charge in [0.05, 0.1) is 6.10 Å². The summed E-state index contributed by atoms with van der Waals surface area (Å²) in [5.41, 5.74) is 1.72. The van der Waals surface area contributed by atoms with Gasteiger partial charge in [-0.25, -0.2) is 8.78 Å². The lowest BCUT2D eigenvalue weighted by Gasteiger charge is -2.33. The first kappa shape index (κ1) is 18.0. The number of benzene rings is 2. The molecule has 1 unspecified atom stereocenters. The van der Waals surface area contributed by atoms with Gasteiger partial charge in [-0.05, 0) is 49.2 Å². The second-order valence-electron chi connectivity index (χ2n) is 6.63. The van der Waals surface area contributed by atoms with Gasteiger partial charge in [-0.1, -0.05) is 36.4 Å². The fourth-order valence-corrected chi connectivity index (χ4v) is 3.25. The quantitative estimate of drug-likeness (QED) is 0.843. The van der Waals surface area contributed by atoms with E-state index in [1.807, 2.05) is 6.07 Å². The standard InChI is InChI=1S/C20H24F2N2O/c21-18-7-6-16(12-19(18)22)20(25)13-23-17-8-10-24(11-9-17)14-15-4-2-1-3-5-15/h1-7,12,17,20,23,25H,8-11,13-14H2. The Labute approximate surface area is 147 Å². The molecule has 2 N–H and O–H groups in total. The number of likely N-dealkylation sites (tertiary alicyclic amines) is 1. The topological polar surface area (TPSA) is 35.5 Å². The third-order valence-electron chi connectivity index (χ3n) is 4.76. The number of aliphatic hydroxyl groups is 1. The molecule has 1 aliphatic rings. The molecule has 2 aromatic carbocycles. The van der Waals surface area contributed by atoms with Crippen LogP contribution in [0.3, 0.4) is 0 Å². The first-order valence-electron chi connectivity index (χ1n) is 8.74. The fourth-order valence-electron chi connectivity index (χ4n) is 3.25. The zero-order chi connectivity index (χ0) is 17.6. The molecule has 0 bridgehead atoms. The van der Waals surface area contributed by atoms with E-state index in [2.05, 4.69) is 34.5 Å². The van der Waals surface area contributed by atoms with E-state index in [-0.39, 0.29) is 0 Å². The van der Waals surface area contributed by atoms with Crippen LogP contribution in [0.5, 0.6) is 0 Å². The average Bonchev–Trinajstić information content (AvgIpc) is 2.64. The lowest BCUT2D eigenvalue weighted by Crippen LogP contribution is -2.43. The van der Waals surface area contributed by atoms with Gasteiger partial charge >= 0.3 is 0 Å². The summed E-state index contributed by atoms with van der Waals surface area (Å²) in [4.78, 5) is 2.43. The number of halogens is 2. The first-order chi connectivity index (χ1) is 12.1. The van der Waals surface area contributed by atoms with E-state index in [9.17, 15) is 13.9 Å². The maximum Gasteiger partial charge on any atom is 0.159 e. The Morgan fingerprint density at radius 1 is 1.04 bits per heavy atom. The Morgan fingerprint density at radius 3 is 2.44 bits per heavy atom. The number of piperidine rings is 1. The molecular formula is C20H24F2N2O. The van der Waals surface area contributed by atoms with Gasteiger partial charge in [-0.3, -0.25) is 4.90 Å². The molecule has 134 valence electrons. The van der Waals surface area contributed by atoms with Crippen LogP contribution >= 0.6 is 0 Å². The SMILES string of the molecule is OC(CNC1CCN(Cc2ccccc2)CC1)c1ccc(F)c(F)c1. The summed E-state index contributed by atoms with van der Waals surface area (Å²) in [5, 5.41) is 13.5. The molecule has 0 radical (unpaired) electrons. The minimum absolute atomic E-state index is 0.340. The Morgan fingerprint density at radius 2 is 1.76 bits per heavy atom. The summed E-state index contributed by atoms with van der Waals surface area (Å²) in [7, 11) is 0. The van der Waals surface area contributed by atoms with Crippen molar-refractivity contribution in [3.63, 3.8) is 0 Å². The highest BCUT2D eigenvalue weighted by molar-refractivity contribution is 5.20. The number of rotatable bonds is 6. The van der Waals surface area contributed by atoms with Crippen molar-refractivity contribution in [1.29, 1.82) is 0 Å². The molecule has 1 fully saturated rings. The van der Waals surface area contributed by atoms with Gasteiger partial charge in [0, 0.05) is 19.1 Å². The molecule has 0 spiro atoms. The first-order valence-corrected chi connectivity index (χ1v) is 8.74. The summed E-state index contributed by atoms with van der Waals surface area (Å²) in [6.07, 6.45) is 1.19. The molecule has 3 nitrogen and oxygen atoms in total. The van der Waals surface area contributed by atoms with Gasteiger partial charge in [0.15, 0.2) is 11.6 Å². The molecule has 1 atom stereocenters. The van der Waals surface area contributed by atoms with Gasteiger partial charge in [0.2, 0.25) is 0 Å². The highest BCUT2D eigenvalue weighted by atomic mass is 19.2. The molecule has 1 aliphatic heterocycles. The summed E-state index contributed by atoms with van der Waals surface area (Å²) < 4.78 is 26.2. The number of aliphatic hydroxyl groups excluding tert-OH is 1. The molecule has 0 aliphatic carbocycles. The third-order valence-corrected chi connectivity index (χ3v) is 4.76. The van der Waals surface area contributed by atoms with Crippen LogP contribution in [-0.2, 0) is 6.54 Å². The van der Waals surface area contributed by atoms with E-state index in [1.165, 1.54) is 11.6 Å². The predicted molar refractivity (Wildman–Crippen MR) is 94.1 cm³/mol. The second kappa shape index (κ2) is 8.52. The molecule has 0 saturated carbocycles. The molecule has 5 heteroatoms. The van der Waals surface area contributed by atoms with Crippen LogP contribution in [-0.4, -0.2) is 35.7 Å². The number of hydrogen-bond donors (Lipinski definition) is 2. The van der Waals surface area contributed by atoms with Crippen molar-refractivity contribution in [3.05, 3.63) is 71.3 Å². The number of hydrogen-bond acceptors (Lipinski definition) is 3. The molecule has 1 saturated heterocycles. The molecule has 0 aromatic heterocycles. The third kappa shape index (κ3) is 5.08. The van der Waals surface area contributed by atoms with Crippen LogP contribution in [0.2, 0.25) is 0 Å². The van der Waals surface area contributed by atoms with Crippen LogP contribution in [0, 0.1) is 11.6 Å². The van der Waals surface area contributed by atoms with Crippen LogP contribution in [0.1, 0.15) is 30.1 Å². The largest absolute Gasteiger partial charge is 0.387 e. The summed E-state index contributed by atoms with van der Waals surface area (Å²) in [6.45, 7) is 3.32. The lowest BCUT2D eigenvalue weighted by atomic mass is 10.0. The fraction of sp³-hybridized carbons (Fsp3) is 0.400. The van der Waals surface area contributed by atoms with Crippen molar-refractivity contribution >= 4 is 0 Å². The zero-order valence-electron chi connectivity index (χ0n) is 14.2. The van der Waals surface area contributed by atoms with Crippen LogP contribution < -0.4 is 5.32 Å². The maximum atomic E-state index is 13.2. The molecule has 25 heavy (non-hydrogen) atoms.